The zero-order valence-electron chi connectivity index (χ0n) is 16.2. The summed E-state index contributed by atoms with van der Waals surface area (Å²) in [5, 5.41) is 0. The summed E-state index contributed by atoms with van der Waals surface area (Å²) < 4.78 is 29.8. The first kappa shape index (κ1) is 21.9. The molecule has 0 amide bonds. The molecule has 0 bridgehead atoms. The molecule has 2 rings (SSSR count). The molecule has 144 valence electrons. The van der Waals surface area contributed by atoms with E-state index in [9.17, 15) is 8.42 Å². The Balaban J connectivity index is 2.47. The number of hydrogen-bond acceptors (Lipinski definition) is 2. The fourth-order valence-corrected chi connectivity index (χ4v) is 5.73. The number of sulfonamides is 1. The van der Waals surface area contributed by atoms with Crippen LogP contribution in [0.2, 0.25) is 25.7 Å². The maximum Gasteiger partial charge on any atom is 0.241 e. The van der Waals surface area contributed by atoms with Gasteiger partial charge in [0.1, 0.15) is 0 Å². The van der Waals surface area contributed by atoms with Gasteiger partial charge in [0.05, 0.1) is 10.9 Å². The molecular weight excluding hydrogens is 438 g/mol. The van der Waals surface area contributed by atoms with Crippen molar-refractivity contribution in [3.05, 3.63) is 82.0 Å². The maximum absolute atomic E-state index is 13.0. The van der Waals surface area contributed by atoms with Crippen molar-refractivity contribution in [2.24, 2.45) is 0 Å². The summed E-state index contributed by atoms with van der Waals surface area (Å²) >= 11 is 3.44. The third-order valence-corrected chi connectivity index (χ3v) is 7.51. The number of rotatable bonds is 7. The average Bonchev–Trinajstić information content (AvgIpc) is 2.58. The van der Waals surface area contributed by atoms with E-state index in [2.05, 4.69) is 52.6 Å². The van der Waals surface area contributed by atoms with Gasteiger partial charge in [-0.3, -0.25) is 0 Å². The molecule has 3 nitrogen and oxygen atoms in total. The van der Waals surface area contributed by atoms with E-state index in [0.29, 0.717) is 0 Å². The number of halogens is 1. The SMILES string of the molecule is C=C=C(C[Si](C)(C)C)C(NS(=O)(=O)c1ccc(C)cc1)c1ccc(Br)cc1. The predicted molar refractivity (Wildman–Crippen MR) is 119 cm³/mol. The molecule has 27 heavy (non-hydrogen) atoms. The third-order valence-electron chi connectivity index (χ3n) is 4.10. The van der Waals surface area contributed by atoms with Crippen LogP contribution in [0.1, 0.15) is 17.2 Å². The summed E-state index contributed by atoms with van der Waals surface area (Å²) in [6.07, 6.45) is 0. The molecule has 6 heteroatoms. The Morgan fingerprint density at radius 3 is 2.15 bits per heavy atom. The molecule has 0 saturated carbocycles. The Morgan fingerprint density at radius 1 is 1.11 bits per heavy atom. The lowest BCUT2D eigenvalue weighted by Crippen LogP contribution is -2.32. The fraction of sp³-hybridized carbons (Fsp3) is 0.286. The number of benzene rings is 2. The van der Waals surface area contributed by atoms with Crippen LogP contribution in [-0.4, -0.2) is 16.5 Å². The average molecular weight is 465 g/mol. The summed E-state index contributed by atoms with van der Waals surface area (Å²) in [5.74, 6) is 0. The van der Waals surface area contributed by atoms with Gasteiger partial charge in [-0.05, 0) is 48.4 Å². The molecule has 0 fully saturated rings. The van der Waals surface area contributed by atoms with Gasteiger partial charge in [-0.2, -0.15) is 4.72 Å². The minimum absolute atomic E-state index is 0.256. The Hall–Kier alpha value is -1.43. The number of nitrogens with one attached hydrogen (secondary N) is 1. The molecule has 1 unspecified atom stereocenters. The summed E-state index contributed by atoms with van der Waals surface area (Å²) in [6.45, 7) is 12.5. The topological polar surface area (TPSA) is 46.2 Å². The maximum atomic E-state index is 13.0. The molecule has 0 saturated heterocycles. The van der Waals surface area contributed by atoms with Gasteiger partial charge in [-0.25, -0.2) is 8.42 Å². The highest BCUT2D eigenvalue weighted by molar-refractivity contribution is 9.10. The summed E-state index contributed by atoms with van der Waals surface area (Å²) in [6, 6.07) is 14.9. The first-order chi connectivity index (χ1) is 12.5. The van der Waals surface area contributed by atoms with Gasteiger partial charge in [0, 0.05) is 12.5 Å². The predicted octanol–water partition coefficient (Wildman–Crippen LogP) is 5.83. The number of hydrogen-bond donors (Lipinski definition) is 1. The molecule has 0 heterocycles. The smallest absolute Gasteiger partial charge is 0.207 e. The minimum atomic E-state index is -3.68. The van der Waals surface area contributed by atoms with Crippen molar-refractivity contribution in [3.8, 4) is 0 Å². The monoisotopic (exact) mass is 463 g/mol. The lowest BCUT2D eigenvalue weighted by Gasteiger charge is -2.25. The summed E-state index contributed by atoms with van der Waals surface area (Å²) in [4.78, 5) is 0.256. The van der Waals surface area contributed by atoms with Crippen LogP contribution in [0, 0.1) is 6.92 Å². The van der Waals surface area contributed by atoms with Crippen LogP contribution in [0.25, 0.3) is 0 Å². The van der Waals surface area contributed by atoms with Crippen LogP contribution in [0.5, 0.6) is 0 Å². The molecule has 0 aliphatic rings. The van der Waals surface area contributed by atoms with Crippen LogP contribution >= 0.6 is 15.9 Å². The van der Waals surface area contributed by atoms with Crippen LogP contribution in [-0.2, 0) is 10.0 Å². The van der Waals surface area contributed by atoms with E-state index >= 15 is 0 Å². The highest BCUT2D eigenvalue weighted by Crippen LogP contribution is 2.30. The van der Waals surface area contributed by atoms with Crippen LogP contribution < -0.4 is 4.72 Å². The van der Waals surface area contributed by atoms with E-state index in [0.717, 1.165) is 27.2 Å². The van der Waals surface area contributed by atoms with E-state index in [1.54, 1.807) is 24.3 Å². The van der Waals surface area contributed by atoms with Crippen molar-refractivity contribution in [2.75, 3.05) is 0 Å². The molecule has 0 aliphatic carbocycles. The Labute approximate surface area is 172 Å². The van der Waals surface area contributed by atoms with Gasteiger partial charge in [0.25, 0.3) is 0 Å². The summed E-state index contributed by atoms with van der Waals surface area (Å²) in [7, 11) is -5.17. The van der Waals surface area contributed by atoms with Crippen molar-refractivity contribution in [3.63, 3.8) is 0 Å². The van der Waals surface area contributed by atoms with Gasteiger partial charge in [-0.1, -0.05) is 72.0 Å². The van der Waals surface area contributed by atoms with E-state index in [4.69, 9.17) is 0 Å². The molecule has 1 atom stereocenters. The fourth-order valence-electron chi connectivity index (χ4n) is 2.77. The Bertz CT molecular complexity index is 939. The van der Waals surface area contributed by atoms with Crippen molar-refractivity contribution >= 4 is 34.0 Å². The summed E-state index contributed by atoms with van der Waals surface area (Å²) in [5.41, 5.74) is 5.79. The van der Waals surface area contributed by atoms with Gasteiger partial charge in [0.15, 0.2) is 0 Å². The van der Waals surface area contributed by atoms with Crippen molar-refractivity contribution in [1.29, 1.82) is 0 Å². The molecule has 2 aromatic rings. The molecular formula is C21H26BrNO2SSi. The minimum Gasteiger partial charge on any atom is -0.207 e. The third kappa shape index (κ3) is 6.30. The van der Waals surface area contributed by atoms with Gasteiger partial charge in [0.2, 0.25) is 10.0 Å². The first-order valence-corrected chi connectivity index (χ1v) is 14.7. The standard InChI is InChI=1S/C21H26BrNO2SSi/c1-6-17(15-27(3,4)5)21(18-9-11-19(22)12-10-18)23-26(24,25)20-13-7-16(2)8-14-20/h7-14,21,23H,1,15H2,2-5H3. The van der Waals surface area contributed by atoms with E-state index in [1.165, 1.54) is 0 Å². The van der Waals surface area contributed by atoms with Crippen LogP contribution in [0.3, 0.4) is 0 Å². The lowest BCUT2D eigenvalue weighted by atomic mass is 10.0. The van der Waals surface area contributed by atoms with E-state index in [1.807, 2.05) is 31.2 Å². The first-order valence-electron chi connectivity index (χ1n) is 8.75. The molecule has 0 radical (unpaired) electrons. The van der Waals surface area contributed by atoms with Crippen LogP contribution in [0.4, 0.5) is 0 Å². The largest absolute Gasteiger partial charge is 0.241 e. The lowest BCUT2D eigenvalue weighted by molar-refractivity contribution is 0.570. The highest BCUT2D eigenvalue weighted by atomic mass is 79.9. The van der Waals surface area contributed by atoms with Crippen molar-refractivity contribution < 1.29 is 8.42 Å². The second-order valence-corrected chi connectivity index (χ2v) is 16.0. The Kier molecular flexibility index (Phi) is 7.06. The van der Waals surface area contributed by atoms with E-state index in [-0.39, 0.29) is 4.90 Å². The van der Waals surface area contributed by atoms with Gasteiger partial charge >= 0.3 is 0 Å². The van der Waals surface area contributed by atoms with Crippen molar-refractivity contribution in [1.82, 2.24) is 4.72 Å². The van der Waals surface area contributed by atoms with Gasteiger partial charge < -0.3 is 0 Å². The van der Waals surface area contributed by atoms with Gasteiger partial charge in [-0.15, -0.1) is 5.73 Å². The quantitative estimate of drug-likeness (QED) is 0.414. The zero-order chi connectivity index (χ0) is 20.2. The second-order valence-electron chi connectivity index (χ2n) is 7.86. The molecule has 0 aliphatic heterocycles. The molecule has 2 aromatic carbocycles. The normalized spacial score (nSPS) is 13.1. The number of aryl methyl sites for hydroxylation is 1. The molecule has 0 aromatic heterocycles. The van der Waals surface area contributed by atoms with Crippen LogP contribution in [0.15, 0.2) is 75.8 Å². The second kappa shape index (κ2) is 8.72. The zero-order valence-corrected chi connectivity index (χ0v) is 19.6. The van der Waals surface area contributed by atoms with E-state index < -0.39 is 24.1 Å². The van der Waals surface area contributed by atoms with Crippen molar-refractivity contribution in [2.45, 2.75) is 43.5 Å². The molecule has 1 N–H and O–H groups in total. The molecule has 0 spiro atoms. The highest BCUT2D eigenvalue weighted by Gasteiger charge is 2.27. The Morgan fingerprint density at radius 2 is 1.67 bits per heavy atom.